The summed E-state index contributed by atoms with van der Waals surface area (Å²) in [5, 5.41) is 20.6. The van der Waals surface area contributed by atoms with Gasteiger partial charge in [-0.05, 0) is 44.9 Å². The Morgan fingerprint density at radius 2 is 1.84 bits per heavy atom. The minimum Gasteiger partial charge on any atom is -0.504 e. The van der Waals surface area contributed by atoms with Crippen LogP contribution >= 0.6 is 0 Å². The highest BCUT2D eigenvalue weighted by Gasteiger charge is 2.26. The highest BCUT2D eigenvalue weighted by atomic mass is 16.3. The van der Waals surface area contributed by atoms with E-state index in [9.17, 15) is 15.0 Å². The van der Waals surface area contributed by atoms with E-state index in [0.717, 1.165) is 12.8 Å². The van der Waals surface area contributed by atoms with Crippen molar-refractivity contribution in [3.05, 3.63) is 23.8 Å². The van der Waals surface area contributed by atoms with Gasteiger partial charge in [-0.15, -0.1) is 0 Å². The molecule has 2 unspecified atom stereocenters. The van der Waals surface area contributed by atoms with Crippen molar-refractivity contribution >= 4 is 5.91 Å². The molecule has 3 N–H and O–H groups in total. The first-order valence-electron chi connectivity index (χ1n) is 6.60. The van der Waals surface area contributed by atoms with Crippen LogP contribution in [0.4, 0.5) is 0 Å². The van der Waals surface area contributed by atoms with Gasteiger partial charge in [0.15, 0.2) is 11.5 Å². The number of hydrogen-bond donors (Lipinski definition) is 3. The minimum atomic E-state index is -0.285. The van der Waals surface area contributed by atoms with Crippen molar-refractivity contribution < 1.29 is 15.0 Å². The van der Waals surface area contributed by atoms with Gasteiger partial charge in [0.2, 0.25) is 0 Å². The van der Waals surface area contributed by atoms with Crippen molar-refractivity contribution in [1.29, 1.82) is 0 Å². The summed E-state index contributed by atoms with van der Waals surface area (Å²) in [5.41, 5.74) is 3.22. The number of carbonyl (C=O) groups excluding carboxylic acids is 1. The second kappa shape index (κ2) is 5.48. The standard InChI is InChI=1S/C14H20N2O3/c1-9-4-3-5-10(2)16(9)15-14(19)11-6-7-12(17)13(18)8-11/h6-10,17-18H,3-5H2,1-2H3,(H,15,19). The van der Waals surface area contributed by atoms with Gasteiger partial charge in [0.25, 0.3) is 5.91 Å². The highest BCUT2D eigenvalue weighted by molar-refractivity contribution is 5.94. The lowest BCUT2D eigenvalue weighted by atomic mass is 10.00. The molecule has 2 rings (SSSR count). The van der Waals surface area contributed by atoms with Gasteiger partial charge < -0.3 is 10.2 Å². The van der Waals surface area contributed by atoms with Gasteiger partial charge >= 0.3 is 0 Å². The molecular formula is C14H20N2O3. The Bertz CT molecular complexity index is 466. The predicted octanol–water partition coefficient (Wildman–Crippen LogP) is 2.01. The van der Waals surface area contributed by atoms with Crippen molar-refractivity contribution in [3.8, 4) is 11.5 Å². The van der Waals surface area contributed by atoms with E-state index in [1.54, 1.807) is 0 Å². The van der Waals surface area contributed by atoms with Crippen LogP contribution in [-0.4, -0.2) is 33.2 Å². The number of nitrogens with zero attached hydrogens (tertiary/aromatic N) is 1. The SMILES string of the molecule is CC1CCCC(C)N1NC(=O)c1ccc(O)c(O)c1. The first-order valence-corrected chi connectivity index (χ1v) is 6.60. The van der Waals surface area contributed by atoms with Gasteiger partial charge in [0, 0.05) is 17.6 Å². The summed E-state index contributed by atoms with van der Waals surface area (Å²) in [6.07, 6.45) is 3.30. The monoisotopic (exact) mass is 264 g/mol. The maximum absolute atomic E-state index is 12.1. The van der Waals surface area contributed by atoms with Crippen LogP contribution in [0.1, 0.15) is 43.5 Å². The van der Waals surface area contributed by atoms with Crippen LogP contribution in [0.15, 0.2) is 18.2 Å². The molecule has 1 aliphatic rings. The van der Waals surface area contributed by atoms with Crippen LogP contribution in [0.5, 0.6) is 11.5 Å². The Kier molecular flexibility index (Phi) is 3.95. The van der Waals surface area contributed by atoms with Crippen LogP contribution in [0.2, 0.25) is 0 Å². The first-order chi connectivity index (χ1) is 8.99. The summed E-state index contributed by atoms with van der Waals surface area (Å²) in [6.45, 7) is 4.18. The van der Waals surface area contributed by atoms with E-state index in [1.165, 1.54) is 24.6 Å². The molecule has 0 bridgehead atoms. The maximum atomic E-state index is 12.1. The number of benzene rings is 1. The summed E-state index contributed by atoms with van der Waals surface area (Å²) in [7, 11) is 0. The molecule has 1 aromatic rings. The van der Waals surface area contributed by atoms with E-state index >= 15 is 0 Å². The Morgan fingerprint density at radius 1 is 1.21 bits per heavy atom. The van der Waals surface area contributed by atoms with Crippen LogP contribution in [-0.2, 0) is 0 Å². The molecule has 5 heteroatoms. The number of aromatic hydroxyl groups is 2. The first kappa shape index (κ1) is 13.7. The van der Waals surface area contributed by atoms with Gasteiger partial charge in [0.05, 0.1) is 0 Å². The number of amides is 1. The molecule has 0 spiro atoms. The molecule has 0 aromatic heterocycles. The molecule has 1 aromatic carbocycles. The molecule has 1 fully saturated rings. The van der Waals surface area contributed by atoms with Gasteiger partial charge in [-0.3, -0.25) is 10.2 Å². The van der Waals surface area contributed by atoms with Gasteiger partial charge in [-0.25, -0.2) is 5.01 Å². The zero-order valence-corrected chi connectivity index (χ0v) is 11.3. The van der Waals surface area contributed by atoms with Crippen molar-refractivity contribution in [2.45, 2.75) is 45.2 Å². The summed E-state index contributed by atoms with van der Waals surface area (Å²) >= 11 is 0. The summed E-state index contributed by atoms with van der Waals surface area (Å²) in [4.78, 5) is 12.1. The number of hydrazine groups is 1. The molecule has 1 saturated heterocycles. The fraction of sp³-hybridized carbons (Fsp3) is 0.500. The van der Waals surface area contributed by atoms with E-state index < -0.39 is 0 Å². The third kappa shape index (κ3) is 2.98. The van der Waals surface area contributed by atoms with E-state index in [2.05, 4.69) is 19.3 Å². The number of carbonyl (C=O) groups is 1. The zero-order chi connectivity index (χ0) is 14.0. The lowest BCUT2D eigenvalue weighted by Crippen LogP contribution is -2.54. The average Bonchev–Trinajstić information content (AvgIpc) is 2.37. The number of hydrogen-bond acceptors (Lipinski definition) is 4. The lowest BCUT2D eigenvalue weighted by Gasteiger charge is -2.38. The third-order valence-electron chi connectivity index (χ3n) is 3.66. The maximum Gasteiger partial charge on any atom is 0.265 e. The van der Waals surface area contributed by atoms with Crippen molar-refractivity contribution in [2.24, 2.45) is 0 Å². The van der Waals surface area contributed by atoms with Crippen LogP contribution < -0.4 is 5.43 Å². The van der Waals surface area contributed by atoms with Crippen molar-refractivity contribution in [3.63, 3.8) is 0 Å². The zero-order valence-electron chi connectivity index (χ0n) is 11.3. The van der Waals surface area contributed by atoms with E-state index in [1.807, 2.05) is 5.01 Å². The molecule has 19 heavy (non-hydrogen) atoms. The predicted molar refractivity (Wildman–Crippen MR) is 71.9 cm³/mol. The highest BCUT2D eigenvalue weighted by Crippen LogP contribution is 2.25. The fourth-order valence-corrected chi connectivity index (χ4v) is 2.49. The Morgan fingerprint density at radius 3 is 2.42 bits per heavy atom. The second-order valence-electron chi connectivity index (χ2n) is 5.18. The molecule has 1 aliphatic heterocycles. The number of phenolic OH excluding ortho intramolecular Hbond substituents is 2. The van der Waals surface area contributed by atoms with Crippen molar-refractivity contribution in [1.82, 2.24) is 10.4 Å². The molecule has 1 amide bonds. The Balaban J connectivity index is 2.09. The van der Waals surface area contributed by atoms with E-state index in [-0.39, 0.29) is 17.4 Å². The minimum absolute atomic E-state index is 0.226. The molecular weight excluding hydrogens is 244 g/mol. The molecule has 0 aliphatic carbocycles. The number of phenols is 2. The summed E-state index contributed by atoms with van der Waals surface area (Å²) in [5.74, 6) is -0.778. The molecule has 2 atom stereocenters. The van der Waals surface area contributed by atoms with E-state index in [0.29, 0.717) is 17.6 Å². The summed E-state index contributed by atoms with van der Waals surface area (Å²) < 4.78 is 0. The topological polar surface area (TPSA) is 72.8 Å². The van der Waals surface area contributed by atoms with Gasteiger partial charge in [0.1, 0.15) is 0 Å². The lowest BCUT2D eigenvalue weighted by molar-refractivity contribution is 0.0369. The summed E-state index contributed by atoms with van der Waals surface area (Å²) in [6, 6.07) is 4.68. The number of piperidine rings is 1. The number of rotatable bonds is 2. The average molecular weight is 264 g/mol. The van der Waals surface area contributed by atoms with Crippen molar-refractivity contribution in [2.75, 3.05) is 0 Å². The normalized spacial score (nSPS) is 24.1. The van der Waals surface area contributed by atoms with Gasteiger partial charge in [-0.2, -0.15) is 0 Å². The molecule has 1 heterocycles. The molecule has 0 radical (unpaired) electrons. The largest absolute Gasteiger partial charge is 0.504 e. The Labute approximate surface area is 112 Å². The van der Waals surface area contributed by atoms with Gasteiger partial charge in [-0.1, -0.05) is 6.42 Å². The number of nitrogens with one attached hydrogen (secondary N) is 1. The molecule has 5 nitrogen and oxygen atoms in total. The second-order valence-corrected chi connectivity index (χ2v) is 5.18. The van der Waals surface area contributed by atoms with Crippen LogP contribution in [0, 0.1) is 0 Å². The molecule has 0 saturated carbocycles. The quantitative estimate of drug-likeness (QED) is 0.714. The fourth-order valence-electron chi connectivity index (χ4n) is 2.49. The van der Waals surface area contributed by atoms with Crippen LogP contribution in [0.25, 0.3) is 0 Å². The van der Waals surface area contributed by atoms with E-state index in [4.69, 9.17) is 0 Å². The smallest absolute Gasteiger partial charge is 0.265 e. The third-order valence-corrected chi connectivity index (χ3v) is 3.66. The Hall–Kier alpha value is -1.75. The molecule has 104 valence electrons. The van der Waals surface area contributed by atoms with Crippen LogP contribution in [0.3, 0.4) is 0 Å².